The molecule has 0 spiro atoms. The van der Waals surface area contributed by atoms with Crippen LogP contribution in [0.4, 0.5) is 5.13 Å². The lowest BCUT2D eigenvalue weighted by atomic mass is 10.0. The first-order chi connectivity index (χ1) is 12.3. The Hall–Kier alpha value is -1.85. The summed E-state index contributed by atoms with van der Waals surface area (Å²) in [6, 6.07) is 19.3. The van der Waals surface area contributed by atoms with E-state index >= 15 is 0 Å². The van der Waals surface area contributed by atoms with Gasteiger partial charge in [0.25, 0.3) is 0 Å². The maximum atomic E-state index is 4.47. The average molecular weight is 368 g/mol. The molecule has 0 radical (unpaired) electrons. The van der Waals surface area contributed by atoms with Gasteiger partial charge in [-0.15, -0.1) is 10.2 Å². The van der Waals surface area contributed by atoms with Crippen molar-refractivity contribution in [3.63, 3.8) is 0 Å². The van der Waals surface area contributed by atoms with E-state index in [1.807, 2.05) is 0 Å². The Morgan fingerprint density at radius 1 is 0.960 bits per heavy atom. The van der Waals surface area contributed by atoms with E-state index < -0.39 is 0 Å². The zero-order valence-electron chi connectivity index (χ0n) is 14.3. The van der Waals surface area contributed by atoms with Crippen LogP contribution in [0.2, 0.25) is 0 Å². The first-order valence-electron chi connectivity index (χ1n) is 8.67. The van der Waals surface area contributed by atoms with Crippen LogP contribution < -0.4 is 4.90 Å². The second-order valence-corrected chi connectivity index (χ2v) is 8.62. The predicted molar refractivity (Wildman–Crippen MR) is 107 cm³/mol. The number of hydrogen-bond donors (Lipinski definition) is 0. The number of hydrogen-bond acceptors (Lipinski definition) is 5. The standard InChI is InChI=1S/C20H21N3S2/c1-15-9-5-6-12-17(15)18(16-10-3-2-4-11-16)24-20-22-21-19(25-20)23-13-7-8-14-23/h2-6,9-12,18H,7-8,13-14H2,1H3. The summed E-state index contributed by atoms with van der Waals surface area (Å²) in [5, 5.41) is 10.2. The molecule has 5 heteroatoms. The Kier molecular flexibility index (Phi) is 5.04. The molecule has 1 aliphatic heterocycles. The molecule has 2 aromatic carbocycles. The van der Waals surface area contributed by atoms with Gasteiger partial charge in [0.2, 0.25) is 5.13 Å². The van der Waals surface area contributed by atoms with Gasteiger partial charge >= 0.3 is 0 Å². The van der Waals surface area contributed by atoms with Crippen LogP contribution in [0.5, 0.6) is 0 Å². The van der Waals surface area contributed by atoms with Gasteiger partial charge in [-0.05, 0) is 36.5 Å². The summed E-state index contributed by atoms with van der Waals surface area (Å²) in [7, 11) is 0. The third-order valence-corrected chi connectivity index (χ3v) is 6.93. The van der Waals surface area contributed by atoms with Gasteiger partial charge in [-0.1, -0.05) is 77.7 Å². The van der Waals surface area contributed by atoms with E-state index in [2.05, 4.69) is 76.6 Å². The van der Waals surface area contributed by atoms with Gasteiger partial charge in [0, 0.05) is 13.1 Å². The van der Waals surface area contributed by atoms with Crippen LogP contribution in [-0.4, -0.2) is 23.3 Å². The number of rotatable bonds is 5. The molecule has 1 saturated heterocycles. The zero-order valence-corrected chi connectivity index (χ0v) is 15.9. The third-order valence-electron chi connectivity index (χ3n) is 4.56. The Balaban J connectivity index is 1.64. The topological polar surface area (TPSA) is 29.0 Å². The summed E-state index contributed by atoms with van der Waals surface area (Å²) in [5.41, 5.74) is 3.96. The maximum Gasteiger partial charge on any atom is 0.209 e. The van der Waals surface area contributed by atoms with Crippen molar-refractivity contribution in [1.82, 2.24) is 10.2 Å². The third kappa shape index (κ3) is 3.72. The maximum absolute atomic E-state index is 4.47. The van der Waals surface area contributed by atoms with Gasteiger partial charge in [-0.3, -0.25) is 0 Å². The highest BCUT2D eigenvalue weighted by atomic mass is 32.2. The summed E-state index contributed by atoms with van der Waals surface area (Å²) in [5.74, 6) is 0. The average Bonchev–Trinajstić information content (AvgIpc) is 3.33. The number of anilines is 1. The van der Waals surface area contributed by atoms with Gasteiger partial charge in [-0.25, -0.2) is 0 Å². The smallest absolute Gasteiger partial charge is 0.209 e. The minimum absolute atomic E-state index is 0.238. The van der Waals surface area contributed by atoms with E-state index in [4.69, 9.17) is 0 Å². The van der Waals surface area contributed by atoms with Gasteiger partial charge in [0.1, 0.15) is 0 Å². The van der Waals surface area contributed by atoms with Crippen LogP contribution in [-0.2, 0) is 0 Å². The molecule has 1 aromatic heterocycles. The van der Waals surface area contributed by atoms with E-state index in [1.54, 1.807) is 23.1 Å². The fourth-order valence-electron chi connectivity index (χ4n) is 3.21. The minimum atomic E-state index is 0.238. The normalized spacial score (nSPS) is 15.5. The van der Waals surface area contributed by atoms with Crippen LogP contribution in [0.3, 0.4) is 0 Å². The lowest BCUT2D eigenvalue weighted by molar-refractivity contribution is 0.912. The van der Waals surface area contributed by atoms with Gasteiger partial charge < -0.3 is 4.90 Å². The molecule has 4 rings (SSSR count). The van der Waals surface area contributed by atoms with Crippen molar-refractivity contribution in [2.24, 2.45) is 0 Å². The van der Waals surface area contributed by atoms with Crippen LogP contribution >= 0.6 is 23.1 Å². The first kappa shape index (κ1) is 16.6. The second-order valence-electron chi connectivity index (χ2n) is 6.31. The number of thioether (sulfide) groups is 1. The lowest BCUT2D eigenvalue weighted by Crippen LogP contribution is -2.17. The van der Waals surface area contributed by atoms with E-state index in [1.165, 1.54) is 29.5 Å². The molecule has 0 aliphatic carbocycles. The van der Waals surface area contributed by atoms with Gasteiger partial charge in [0.05, 0.1) is 5.25 Å². The Labute approximate surface area is 157 Å². The van der Waals surface area contributed by atoms with E-state index in [0.29, 0.717) is 0 Å². The number of nitrogens with zero attached hydrogens (tertiary/aromatic N) is 3. The van der Waals surface area contributed by atoms with Crippen molar-refractivity contribution in [2.75, 3.05) is 18.0 Å². The largest absolute Gasteiger partial charge is 0.347 e. The van der Waals surface area contributed by atoms with Crippen molar-refractivity contribution in [3.05, 3.63) is 71.3 Å². The van der Waals surface area contributed by atoms with Crippen molar-refractivity contribution in [3.8, 4) is 0 Å². The molecule has 1 atom stereocenters. The Bertz CT molecular complexity index is 826. The van der Waals surface area contributed by atoms with E-state index in [-0.39, 0.29) is 5.25 Å². The van der Waals surface area contributed by atoms with Crippen LogP contribution in [0.15, 0.2) is 58.9 Å². The fraction of sp³-hybridized carbons (Fsp3) is 0.300. The van der Waals surface area contributed by atoms with Gasteiger partial charge in [0.15, 0.2) is 4.34 Å². The van der Waals surface area contributed by atoms with Crippen LogP contribution in [0.25, 0.3) is 0 Å². The van der Waals surface area contributed by atoms with E-state index in [9.17, 15) is 0 Å². The summed E-state index contributed by atoms with van der Waals surface area (Å²) < 4.78 is 1.04. The summed E-state index contributed by atoms with van der Waals surface area (Å²) in [6.07, 6.45) is 2.52. The molecule has 1 fully saturated rings. The molecule has 1 unspecified atom stereocenters. The molecule has 0 amide bonds. The lowest BCUT2D eigenvalue weighted by Gasteiger charge is -2.18. The highest BCUT2D eigenvalue weighted by Gasteiger charge is 2.22. The minimum Gasteiger partial charge on any atom is -0.347 e. The molecule has 2 heterocycles. The molecule has 128 valence electrons. The summed E-state index contributed by atoms with van der Waals surface area (Å²) in [6.45, 7) is 4.40. The van der Waals surface area contributed by atoms with E-state index in [0.717, 1.165) is 22.6 Å². The van der Waals surface area contributed by atoms with Crippen molar-refractivity contribution in [2.45, 2.75) is 29.4 Å². The molecule has 1 aliphatic rings. The molecular weight excluding hydrogens is 346 g/mol. The van der Waals surface area contributed by atoms with Crippen molar-refractivity contribution >= 4 is 28.2 Å². The Morgan fingerprint density at radius 2 is 1.68 bits per heavy atom. The van der Waals surface area contributed by atoms with Crippen LogP contribution in [0, 0.1) is 6.92 Å². The highest BCUT2D eigenvalue weighted by Crippen LogP contribution is 2.43. The SMILES string of the molecule is Cc1ccccc1C(Sc1nnc(N2CCCC2)s1)c1ccccc1. The quantitative estimate of drug-likeness (QED) is 0.570. The summed E-state index contributed by atoms with van der Waals surface area (Å²) >= 11 is 3.53. The number of benzene rings is 2. The van der Waals surface area contributed by atoms with Crippen molar-refractivity contribution < 1.29 is 0 Å². The molecule has 0 N–H and O–H groups in total. The first-order valence-corrected chi connectivity index (χ1v) is 10.4. The molecule has 3 aromatic rings. The monoisotopic (exact) mass is 367 g/mol. The van der Waals surface area contributed by atoms with Crippen molar-refractivity contribution in [1.29, 1.82) is 0 Å². The summed E-state index contributed by atoms with van der Waals surface area (Å²) in [4.78, 5) is 2.35. The molecule has 25 heavy (non-hydrogen) atoms. The number of aromatic nitrogens is 2. The molecular formula is C20H21N3S2. The molecule has 0 bridgehead atoms. The molecule has 3 nitrogen and oxygen atoms in total. The second kappa shape index (κ2) is 7.58. The van der Waals surface area contributed by atoms with Gasteiger partial charge in [-0.2, -0.15) is 0 Å². The van der Waals surface area contributed by atoms with Crippen LogP contribution in [0.1, 0.15) is 34.8 Å². The number of aryl methyl sites for hydroxylation is 1. The fourth-order valence-corrected chi connectivity index (χ4v) is 5.52. The predicted octanol–water partition coefficient (Wildman–Crippen LogP) is 5.33. The highest BCUT2D eigenvalue weighted by molar-refractivity contribution is 8.01. The zero-order chi connectivity index (χ0) is 17.1. The molecule has 0 saturated carbocycles. The Morgan fingerprint density at radius 3 is 2.44 bits per heavy atom.